The zero-order valence-electron chi connectivity index (χ0n) is 12.2. The van der Waals surface area contributed by atoms with Gasteiger partial charge in [-0.15, -0.1) is 0 Å². The molecular formula is C14H19ClN2O4. The van der Waals surface area contributed by atoms with Gasteiger partial charge in [-0.1, -0.05) is 11.6 Å². The average Bonchev–Trinajstić information content (AvgIpc) is 2.96. The highest BCUT2D eigenvalue weighted by atomic mass is 35.5. The minimum atomic E-state index is -0.249. The summed E-state index contributed by atoms with van der Waals surface area (Å²) < 4.78 is 15.7. The van der Waals surface area contributed by atoms with Crippen LogP contribution in [-0.4, -0.2) is 46.4 Å². The molecule has 2 N–H and O–H groups in total. The average molecular weight is 315 g/mol. The molecule has 0 saturated carbocycles. The van der Waals surface area contributed by atoms with Crippen LogP contribution in [0.5, 0.6) is 11.5 Å². The Morgan fingerprint density at radius 3 is 2.62 bits per heavy atom. The van der Waals surface area contributed by atoms with Gasteiger partial charge in [-0.2, -0.15) is 0 Å². The molecule has 6 nitrogen and oxygen atoms in total. The number of carbonyl (C=O) groups excluding carboxylic acids is 1. The van der Waals surface area contributed by atoms with Crippen LogP contribution in [0, 0.1) is 5.92 Å². The fraction of sp³-hybridized carbons (Fsp3) is 0.500. The van der Waals surface area contributed by atoms with E-state index in [0.717, 1.165) is 0 Å². The van der Waals surface area contributed by atoms with Gasteiger partial charge in [0.15, 0.2) is 0 Å². The van der Waals surface area contributed by atoms with E-state index in [1.54, 1.807) is 12.1 Å². The van der Waals surface area contributed by atoms with Gasteiger partial charge < -0.3 is 24.8 Å². The smallest absolute Gasteiger partial charge is 0.231 e. The van der Waals surface area contributed by atoms with Crippen molar-refractivity contribution in [2.75, 3.05) is 39.8 Å². The lowest BCUT2D eigenvalue weighted by Crippen LogP contribution is -2.39. The van der Waals surface area contributed by atoms with Crippen molar-refractivity contribution in [3.05, 3.63) is 17.2 Å². The maximum Gasteiger partial charge on any atom is 0.231 e. The second kappa shape index (κ2) is 6.98. The number of hydrogen-bond donors (Lipinski definition) is 2. The number of likely N-dealkylation sites (N-methyl/N-ethyl adjacent to an activating group) is 1. The first-order valence-electron chi connectivity index (χ1n) is 6.58. The number of amides is 1. The van der Waals surface area contributed by atoms with Crippen molar-refractivity contribution >= 4 is 23.2 Å². The Hall–Kier alpha value is -1.50. The Labute approximate surface area is 128 Å². The van der Waals surface area contributed by atoms with E-state index < -0.39 is 0 Å². The van der Waals surface area contributed by atoms with Crippen LogP contribution in [0.15, 0.2) is 12.1 Å². The molecule has 0 aliphatic carbocycles. The molecule has 1 heterocycles. The highest BCUT2D eigenvalue weighted by Gasteiger charge is 2.33. The summed E-state index contributed by atoms with van der Waals surface area (Å²) in [5.41, 5.74) is 0.509. The number of hydrogen-bond acceptors (Lipinski definition) is 5. The molecule has 1 aromatic rings. The van der Waals surface area contributed by atoms with Gasteiger partial charge in [0.2, 0.25) is 5.91 Å². The summed E-state index contributed by atoms with van der Waals surface area (Å²) in [5.74, 6) is 0.598. The van der Waals surface area contributed by atoms with Crippen molar-refractivity contribution in [1.29, 1.82) is 0 Å². The molecule has 1 amide bonds. The molecule has 116 valence electrons. The molecule has 1 aromatic carbocycles. The van der Waals surface area contributed by atoms with E-state index in [0.29, 0.717) is 35.4 Å². The van der Waals surface area contributed by atoms with Gasteiger partial charge in [-0.3, -0.25) is 4.79 Å². The third-order valence-electron chi connectivity index (χ3n) is 3.52. The SMILES string of the molecule is CNC1COCC1C(=O)Nc1cc(Cl)c(OC)cc1OC. The standard InChI is InChI=1S/C14H19ClN2O4/c1-16-11-7-21-6-8(11)14(18)17-10-4-9(15)12(19-2)5-13(10)20-3/h4-5,8,11,16H,6-7H2,1-3H3,(H,17,18). The molecule has 1 saturated heterocycles. The van der Waals surface area contributed by atoms with E-state index >= 15 is 0 Å². The van der Waals surface area contributed by atoms with Crippen LogP contribution in [0.25, 0.3) is 0 Å². The second-order valence-corrected chi connectivity index (χ2v) is 5.12. The number of benzene rings is 1. The normalized spacial score (nSPS) is 21.1. The van der Waals surface area contributed by atoms with Crippen LogP contribution in [0.4, 0.5) is 5.69 Å². The van der Waals surface area contributed by atoms with Crippen molar-refractivity contribution in [1.82, 2.24) is 5.32 Å². The van der Waals surface area contributed by atoms with Crippen LogP contribution in [-0.2, 0) is 9.53 Å². The van der Waals surface area contributed by atoms with Gasteiger partial charge in [0.1, 0.15) is 11.5 Å². The molecular weight excluding hydrogens is 296 g/mol. The highest BCUT2D eigenvalue weighted by Crippen LogP contribution is 2.36. The van der Waals surface area contributed by atoms with Crippen molar-refractivity contribution < 1.29 is 19.0 Å². The lowest BCUT2D eigenvalue weighted by molar-refractivity contribution is -0.120. The van der Waals surface area contributed by atoms with Crippen molar-refractivity contribution in [2.24, 2.45) is 5.92 Å². The summed E-state index contributed by atoms with van der Waals surface area (Å²) in [6.45, 7) is 0.915. The Balaban J connectivity index is 2.18. The molecule has 1 fully saturated rings. The molecule has 2 rings (SSSR count). The third-order valence-corrected chi connectivity index (χ3v) is 3.82. The maximum absolute atomic E-state index is 12.4. The lowest BCUT2D eigenvalue weighted by atomic mass is 10.0. The fourth-order valence-corrected chi connectivity index (χ4v) is 2.52. The van der Waals surface area contributed by atoms with Gasteiger partial charge in [0.05, 0.1) is 44.1 Å². The molecule has 1 aliphatic heterocycles. The molecule has 2 atom stereocenters. The summed E-state index contributed by atoms with van der Waals surface area (Å²) in [6, 6.07) is 3.25. The van der Waals surface area contributed by atoms with Gasteiger partial charge in [0, 0.05) is 12.1 Å². The van der Waals surface area contributed by atoms with Gasteiger partial charge in [-0.25, -0.2) is 0 Å². The Morgan fingerprint density at radius 1 is 1.29 bits per heavy atom. The zero-order valence-corrected chi connectivity index (χ0v) is 13.0. The Kier molecular flexibility index (Phi) is 5.27. The van der Waals surface area contributed by atoms with Crippen LogP contribution < -0.4 is 20.1 Å². The van der Waals surface area contributed by atoms with Crippen molar-refractivity contribution in [3.8, 4) is 11.5 Å². The number of anilines is 1. The van der Waals surface area contributed by atoms with Gasteiger partial charge >= 0.3 is 0 Å². The molecule has 0 aromatic heterocycles. The fourth-order valence-electron chi connectivity index (χ4n) is 2.28. The van der Waals surface area contributed by atoms with Gasteiger partial charge in [0.25, 0.3) is 0 Å². The number of nitrogens with one attached hydrogen (secondary N) is 2. The summed E-state index contributed by atoms with van der Waals surface area (Å²) in [6.07, 6.45) is 0. The topological polar surface area (TPSA) is 68.8 Å². The first kappa shape index (κ1) is 15.9. The second-order valence-electron chi connectivity index (χ2n) is 4.72. The number of halogens is 1. The predicted octanol–water partition coefficient (Wildman–Crippen LogP) is 1.53. The summed E-state index contributed by atoms with van der Waals surface area (Å²) in [4.78, 5) is 12.4. The van der Waals surface area contributed by atoms with E-state index in [1.807, 2.05) is 7.05 Å². The largest absolute Gasteiger partial charge is 0.495 e. The first-order chi connectivity index (χ1) is 10.1. The van der Waals surface area contributed by atoms with Crippen molar-refractivity contribution in [2.45, 2.75) is 6.04 Å². The van der Waals surface area contributed by atoms with E-state index in [4.69, 9.17) is 25.8 Å². The molecule has 1 aliphatic rings. The van der Waals surface area contributed by atoms with Crippen LogP contribution >= 0.6 is 11.6 Å². The minimum Gasteiger partial charge on any atom is -0.495 e. The summed E-state index contributed by atoms with van der Waals surface area (Å²) >= 11 is 6.09. The Morgan fingerprint density at radius 2 is 2.00 bits per heavy atom. The number of methoxy groups -OCH3 is 2. The minimum absolute atomic E-state index is 0.00437. The van der Waals surface area contributed by atoms with E-state index in [-0.39, 0.29) is 17.9 Å². The number of rotatable bonds is 5. The quantitative estimate of drug-likeness (QED) is 0.862. The molecule has 0 spiro atoms. The molecule has 2 unspecified atom stereocenters. The number of ether oxygens (including phenoxy) is 3. The van der Waals surface area contributed by atoms with Crippen LogP contribution in [0.1, 0.15) is 0 Å². The van der Waals surface area contributed by atoms with E-state index in [2.05, 4.69) is 10.6 Å². The third kappa shape index (κ3) is 3.40. The summed E-state index contributed by atoms with van der Waals surface area (Å²) in [7, 11) is 4.85. The predicted molar refractivity (Wildman–Crippen MR) is 80.3 cm³/mol. The monoisotopic (exact) mass is 314 g/mol. The van der Waals surface area contributed by atoms with Crippen LogP contribution in [0.2, 0.25) is 5.02 Å². The lowest BCUT2D eigenvalue weighted by Gasteiger charge is -2.18. The zero-order chi connectivity index (χ0) is 15.4. The first-order valence-corrected chi connectivity index (χ1v) is 6.96. The van der Waals surface area contributed by atoms with Gasteiger partial charge in [-0.05, 0) is 13.1 Å². The molecule has 21 heavy (non-hydrogen) atoms. The molecule has 0 radical (unpaired) electrons. The highest BCUT2D eigenvalue weighted by molar-refractivity contribution is 6.32. The summed E-state index contributed by atoms with van der Waals surface area (Å²) in [5, 5.41) is 6.32. The Bertz CT molecular complexity index is 524. The number of carbonyl (C=O) groups is 1. The van der Waals surface area contributed by atoms with E-state index in [1.165, 1.54) is 14.2 Å². The van der Waals surface area contributed by atoms with Crippen molar-refractivity contribution in [3.63, 3.8) is 0 Å². The molecule has 7 heteroatoms. The van der Waals surface area contributed by atoms with E-state index in [9.17, 15) is 4.79 Å². The maximum atomic E-state index is 12.4. The molecule has 0 bridgehead atoms. The van der Waals surface area contributed by atoms with Crippen LogP contribution in [0.3, 0.4) is 0 Å².